The van der Waals surface area contributed by atoms with Crippen molar-refractivity contribution in [1.82, 2.24) is 15.0 Å². The van der Waals surface area contributed by atoms with Gasteiger partial charge in [0.15, 0.2) is 5.15 Å². The average molecular weight is 514 g/mol. The van der Waals surface area contributed by atoms with Crippen molar-refractivity contribution in [3.63, 3.8) is 0 Å². The second-order valence-electron chi connectivity index (χ2n) is 7.78. The highest BCUT2D eigenvalue weighted by atomic mass is 35.5. The van der Waals surface area contributed by atoms with E-state index in [1.165, 1.54) is 5.56 Å². The van der Waals surface area contributed by atoms with Crippen molar-refractivity contribution >= 4 is 46.6 Å². The Morgan fingerprint density at radius 1 is 0.838 bits per heavy atom. The number of nitrogens with one attached hydrogen (secondary N) is 2. The zero-order chi connectivity index (χ0) is 26.6. The van der Waals surface area contributed by atoms with E-state index in [1.54, 1.807) is 19.5 Å². The first-order chi connectivity index (χ1) is 18.1. The summed E-state index contributed by atoms with van der Waals surface area (Å²) in [4.78, 5) is 21.4. The first kappa shape index (κ1) is 27.1. The van der Waals surface area contributed by atoms with Gasteiger partial charge in [-0.15, -0.1) is 0 Å². The van der Waals surface area contributed by atoms with Crippen LogP contribution in [0.3, 0.4) is 0 Å². The zero-order valence-corrected chi connectivity index (χ0v) is 21.7. The Labute approximate surface area is 221 Å². The van der Waals surface area contributed by atoms with Crippen molar-refractivity contribution in [2.24, 2.45) is 0 Å². The molecule has 0 unspecified atom stereocenters. The van der Waals surface area contributed by atoms with Gasteiger partial charge in [-0.1, -0.05) is 59.6 Å². The zero-order valence-electron chi connectivity index (χ0n) is 20.9. The lowest BCUT2D eigenvalue weighted by molar-refractivity contribution is -0.0979. The molecule has 0 saturated carbocycles. The highest BCUT2D eigenvalue weighted by molar-refractivity contribution is 6.32. The molecule has 0 aliphatic carbocycles. The number of nitrogens with zero attached hydrogens (tertiary/aromatic N) is 3. The summed E-state index contributed by atoms with van der Waals surface area (Å²) in [5.74, 6) is 1.43. The van der Waals surface area contributed by atoms with Gasteiger partial charge in [-0.25, -0.2) is 9.97 Å². The van der Waals surface area contributed by atoms with E-state index in [9.17, 15) is 0 Å². The Balaban J connectivity index is 0.000000361. The molecule has 0 spiro atoms. The summed E-state index contributed by atoms with van der Waals surface area (Å²) in [6.45, 7) is 4.08. The van der Waals surface area contributed by atoms with E-state index in [2.05, 4.69) is 39.7 Å². The van der Waals surface area contributed by atoms with Crippen molar-refractivity contribution < 1.29 is 9.53 Å². The lowest BCUT2D eigenvalue weighted by Gasteiger charge is -2.09. The predicted molar refractivity (Wildman–Crippen MR) is 152 cm³/mol. The number of pyridine rings is 1. The van der Waals surface area contributed by atoms with Crippen molar-refractivity contribution in [2.75, 3.05) is 24.8 Å². The van der Waals surface area contributed by atoms with Crippen molar-refractivity contribution in [3.05, 3.63) is 102 Å². The number of carbonyl (C=O) groups excluding carboxylic acids is 1. The summed E-state index contributed by atoms with van der Waals surface area (Å²) < 4.78 is 5.26. The Hall–Kier alpha value is -4.49. The molecule has 0 fully saturated rings. The SMILES string of the molecule is C=O.CNc1cc(-c2ccc3ncc(Nc4cccc(OC)c4)nc3c2)cnc1Cl.Cc1ccccc1. The number of hydrogen-bond acceptors (Lipinski definition) is 7. The van der Waals surface area contributed by atoms with Crippen LogP contribution in [0.5, 0.6) is 5.75 Å². The molecule has 3 aromatic carbocycles. The van der Waals surface area contributed by atoms with Crippen LogP contribution in [0.1, 0.15) is 5.56 Å². The standard InChI is InChI=1S/C21H18ClN5O.C7H8.CH2O/c1-23-19-9-14(11-25-21(19)22)13-6-7-17-18(8-13)27-20(12-24-17)26-15-4-3-5-16(10-15)28-2;1-7-5-3-2-4-6-7;1-2/h3-12,23H,1-2H3,(H,26,27);2-6H,1H3;1H2. The van der Waals surface area contributed by atoms with Crippen LogP contribution in [0.2, 0.25) is 5.15 Å². The topological polar surface area (TPSA) is 89.0 Å². The molecule has 2 heterocycles. The van der Waals surface area contributed by atoms with Gasteiger partial charge in [0, 0.05) is 30.6 Å². The number of halogens is 1. The molecule has 2 N–H and O–H groups in total. The van der Waals surface area contributed by atoms with Crippen LogP contribution in [0.4, 0.5) is 17.2 Å². The van der Waals surface area contributed by atoms with Crippen molar-refractivity contribution in [1.29, 1.82) is 0 Å². The highest BCUT2D eigenvalue weighted by Gasteiger charge is 2.07. The number of fused-ring (bicyclic) bond motifs is 1. The van der Waals surface area contributed by atoms with Gasteiger partial charge in [0.2, 0.25) is 0 Å². The van der Waals surface area contributed by atoms with Crippen LogP contribution in [0.15, 0.2) is 91.3 Å². The van der Waals surface area contributed by atoms with E-state index in [0.717, 1.165) is 39.3 Å². The van der Waals surface area contributed by atoms with Gasteiger partial charge >= 0.3 is 0 Å². The van der Waals surface area contributed by atoms with E-state index >= 15 is 0 Å². The Kier molecular flexibility index (Phi) is 9.93. The molecule has 0 amide bonds. The predicted octanol–water partition coefficient (Wildman–Crippen LogP) is 6.95. The Bertz CT molecular complexity index is 1450. The number of aromatic nitrogens is 3. The number of carbonyl (C=O) groups is 1. The number of anilines is 3. The smallest absolute Gasteiger partial charge is 0.152 e. The van der Waals surface area contributed by atoms with Gasteiger partial charge in [-0.05, 0) is 42.8 Å². The molecule has 8 heteroatoms. The lowest BCUT2D eigenvalue weighted by Crippen LogP contribution is -1.96. The van der Waals surface area contributed by atoms with Gasteiger partial charge in [0.25, 0.3) is 0 Å². The molecule has 0 radical (unpaired) electrons. The average Bonchev–Trinajstić information content (AvgIpc) is 2.95. The molecule has 0 bridgehead atoms. The van der Waals surface area contributed by atoms with Crippen LogP contribution in [0.25, 0.3) is 22.2 Å². The van der Waals surface area contributed by atoms with E-state index < -0.39 is 0 Å². The first-order valence-corrected chi connectivity index (χ1v) is 11.8. The third-order valence-electron chi connectivity index (χ3n) is 5.27. The normalized spacial score (nSPS) is 9.84. The maximum absolute atomic E-state index is 8.00. The molecule has 5 rings (SSSR count). The largest absolute Gasteiger partial charge is 0.497 e. The monoisotopic (exact) mass is 513 g/mol. The molecule has 2 aromatic heterocycles. The van der Waals surface area contributed by atoms with Gasteiger partial charge in [0.05, 0.1) is 30.0 Å². The molecule has 188 valence electrons. The molecule has 37 heavy (non-hydrogen) atoms. The summed E-state index contributed by atoms with van der Waals surface area (Å²) in [5.41, 5.74) is 6.51. The summed E-state index contributed by atoms with van der Waals surface area (Å²) in [6, 6.07) is 25.8. The highest BCUT2D eigenvalue weighted by Crippen LogP contribution is 2.28. The number of rotatable bonds is 5. The second-order valence-corrected chi connectivity index (χ2v) is 8.14. The van der Waals surface area contributed by atoms with E-state index in [1.807, 2.05) is 80.6 Å². The van der Waals surface area contributed by atoms with Crippen LogP contribution in [0, 0.1) is 6.92 Å². The molecular formula is C29H28ClN5O2. The van der Waals surface area contributed by atoms with E-state index in [0.29, 0.717) is 11.0 Å². The van der Waals surface area contributed by atoms with Crippen LogP contribution < -0.4 is 15.4 Å². The Morgan fingerprint density at radius 2 is 1.62 bits per heavy atom. The minimum Gasteiger partial charge on any atom is -0.497 e. The summed E-state index contributed by atoms with van der Waals surface area (Å²) in [5, 5.41) is 6.75. The minimum atomic E-state index is 0.441. The van der Waals surface area contributed by atoms with Gasteiger partial charge in [-0.2, -0.15) is 0 Å². The minimum absolute atomic E-state index is 0.441. The maximum atomic E-state index is 8.00. The van der Waals surface area contributed by atoms with Gasteiger partial charge < -0.3 is 20.2 Å². The number of ether oxygens (including phenoxy) is 1. The van der Waals surface area contributed by atoms with E-state index in [4.69, 9.17) is 26.1 Å². The summed E-state index contributed by atoms with van der Waals surface area (Å²) in [6.07, 6.45) is 3.46. The number of aryl methyl sites for hydroxylation is 1. The molecule has 0 aliphatic rings. The quantitative estimate of drug-likeness (QED) is 0.246. The van der Waals surface area contributed by atoms with Gasteiger partial charge in [0.1, 0.15) is 18.4 Å². The van der Waals surface area contributed by atoms with Gasteiger partial charge in [-0.3, -0.25) is 4.98 Å². The third kappa shape index (κ3) is 7.49. The fourth-order valence-electron chi connectivity index (χ4n) is 3.42. The molecule has 0 aliphatic heterocycles. The molecule has 0 atom stereocenters. The Morgan fingerprint density at radius 3 is 2.30 bits per heavy atom. The van der Waals surface area contributed by atoms with Crippen molar-refractivity contribution in [2.45, 2.75) is 6.92 Å². The number of hydrogen-bond donors (Lipinski definition) is 2. The fourth-order valence-corrected chi connectivity index (χ4v) is 3.61. The van der Waals surface area contributed by atoms with Crippen molar-refractivity contribution in [3.8, 4) is 16.9 Å². The number of methoxy groups -OCH3 is 1. The molecular weight excluding hydrogens is 486 g/mol. The summed E-state index contributed by atoms with van der Waals surface area (Å²) >= 11 is 6.09. The molecule has 5 aromatic rings. The van der Waals surface area contributed by atoms with Crippen LogP contribution >= 0.6 is 11.6 Å². The maximum Gasteiger partial charge on any atom is 0.152 e. The fraction of sp³-hybridized carbons (Fsp3) is 0.103. The van der Waals surface area contributed by atoms with Crippen LogP contribution in [-0.2, 0) is 4.79 Å². The van der Waals surface area contributed by atoms with Crippen LogP contribution in [-0.4, -0.2) is 35.9 Å². The number of benzene rings is 3. The second kappa shape index (κ2) is 13.6. The summed E-state index contributed by atoms with van der Waals surface area (Å²) in [7, 11) is 3.45. The lowest BCUT2D eigenvalue weighted by atomic mass is 10.1. The van der Waals surface area contributed by atoms with E-state index in [-0.39, 0.29) is 0 Å². The third-order valence-corrected chi connectivity index (χ3v) is 5.57. The first-order valence-electron chi connectivity index (χ1n) is 11.4. The molecule has 7 nitrogen and oxygen atoms in total. The molecule has 0 saturated heterocycles.